The molecule has 0 atom stereocenters. The van der Waals surface area contributed by atoms with Crippen molar-refractivity contribution in [3.8, 4) is 44.5 Å². The fourth-order valence-electron chi connectivity index (χ4n) is 9.56. The summed E-state index contributed by atoms with van der Waals surface area (Å²) in [7, 11) is 0. The molecular formula is C64H44N2O. The molecule has 1 aromatic heterocycles. The van der Waals surface area contributed by atoms with Gasteiger partial charge in [-0.25, -0.2) is 0 Å². The van der Waals surface area contributed by atoms with Crippen LogP contribution >= 0.6 is 0 Å². The van der Waals surface area contributed by atoms with Crippen molar-refractivity contribution in [2.75, 3.05) is 9.80 Å². The van der Waals surface area contributed by atoms with Gasteiger partial charge in [0.25, 0.3) is 0 Å². The molecule has 0 radical (unpaired) electrons. The van der Waals surface area contributed by atoms with Gasteiger partial charge in [0.05, 0.1) is 0 Å². The summed E-state index contributed by atoms with van der Waals surface area (Å²) in [5.41, 5.74) is 17.6. The van der Waals surface area contributed by atoms with Gasteiger partial charge in [-0.1, -0.05) is 188 Å². The first-order chi connectivity index (χ1) is 33.2. The van der Waals surface area contributed by atoms with Crippen molar-refractivity contribution >= 4 is 66.8 Å². The Labute approximate surface area is 390 Å². The summed E-state index contributed by atoms with van der Waals surface area (Å²) in [5.74, 6) is 0. The number of nitrogens with zero attached hydrogens (tertiary/aromatic N) is 2. The highest BCUT2D eigenvalue weighted by molar-refractivity contribution is 6.09. The average molecular weight is 857 g/mol. The van der Waals surface area contributed by atoms with Crippen molar-refractivity contribution in [1.82, 2.24) is 0 Å². The minimum Gasteiger partial charge on any atom is -0.455 e. The zero-order chi connectivity index (χ0) is 44.5. The van der Waals surface area contributed by atoms with E-state index in [9.17, 15) is 0 Å². The van der Waals surface area contributed by atoms with Gasteiger partial charge in [0.15, 0.2) is 0 Å². The molecule has 1 heterocycles. The number of anilines is 6. The zero-order valence-electron chi connectivity index (χ0n) is 36.7. The first-order valence-corrected chi connectivity index (χ1v) is 22.8. The van der Waals surface area contributed by atoms with Gasteiger partial charge >= 0.3 is 0 Å². The summed E-state index contributed by atoms with van der Waals surface area (Å²) in [6.07, 6.45) is 0. The van der Waals surface area contributed by atoms with E-state index in [1.54, 1.807) is 0 Å². The lowest BCUT2D eigenvalue weighted by Gasteiger charge is -2.27. The summed E-state index contributed by atoms with van der Waals surface area (Å²) in [6, 6.07) is 95.4. The second-order valence-corrected chi connectivity index (χ2v) is 16.9. The van der Waals surface area contributed by atoms with Gasteiger partial charge < -0.3 is 14.2 Å². The summed E-state index contributed by atoms with van der Waals surface area (Å²) in [4.78, 5) is 4.65. The molecule has 67 heavy (non-hydrogen) atoms. The lowest BCUT2D eigenvalue weighted by atomic mass is 9.96. The highest BCUT2D eigenvalue weighted by Gasteiger charge is 2.17. The number of para-hydroxylation sites is 4. The number of furan rings is 1. The molecule has 0 unspecified atom stereocenters. The second kappa shape index (κ2) is 17.2. The van der Waals surface area contributed by atoms with Crippen LogP contribution in [0.15, 0.2) is 271 Å². The fourth-order valence-corrected chi connectivity index (χ4v) is 9.56. The molecule has 12 aromatic rings. The molecule has 0 aliphatic carbocycles. The van der Waals surface area contributed by atoms with Crippen LogP contribution in [0.25, 0.3) is 77.2 Å². The predicted molar refractivity (Wildman–Crippen MR) is 282 cm³/mol. The molecule has 0 saturated carbocycles. The highest BCUT2D eigenvalue weighted by atomic mass is 16.3. The van der Waals surface area contributed by atoms with E-state index in [0.29, 0.717) is 0 Å². The molecule has 0 bridgehead atoms. The number of rotatable bonds is 10. The molecule has 0 N–H and O–H groups in total. The Kier molecular flexibility index (Phi) is 10.2. The van der Waals surface area contributed by atoms with Crippen molar-refractivity contribution in [2.45, 2.75) is 0 Å². The summed E-state index contributed by atoms with van der Waals surface area (Å²) >= 11 is 0. The molecule has 11 aromatic carbocycles. The molecule has 3 nitrogen and oxygen atoms in total. The molecule has 0 spiro atoms. The first-order valence-electron chi connectivity index (χ1n) is 22.8. The van der Waals surface area contributed by atoms with Gasteiger partial charge in [0.2, 0.25) is 0 Å². The molecule has 0 aliphatic rings. The van der Waals surface area contributed by atoms with Crippen molar-refractivity contribution in [3.05, 3.63) is 267 Å². The van der Waals surface area contributed by atoms with Crippen LogP contribution in [-0.4, -0.2) is 0 Å². The maximum Gasteiger partial charge on any atom is 0.143 e. The number of fused-ring (bicyclic) bond motifs is 4. The van der Waals surface area contributed by atoms with Gasteiger partial charge in [0, 0.05) is 50.5 Å². The lowest BCUT2D eigenvalue weighted by molar-refractivity contribution is 0.670. The van der Waals surface area contributed by atoms with E-state index in [0.717, 1.165) is 83.9 Å². The standard InChI is InChI=1S/C64H44N2O/c1-3-17-52(18-4-1)66(53-19-5-2-6-20-53)57-21-11-16-51(44-57)47-34-40-55(41-35-47)65(56-42-36-50(37-43-56)60-25-13-26-62-61-23-9-10-27-63(61)67-64(60)62)54-38-32-46(33-39-54)45-28-30-49(31-29-45)59-24-12-15-48-14-7-8-22-58(48)59/h1-44H. The Morgan fingerprint density at radius 1 is 0.239 bits per heavy atom. The smallest absolute Gasteiger partial charge is 0.143 e. The Morgan fingerprint density at radius 2 is 0.642 bits per heavy atom. The minimum absolute atomic E-state index is 0.900. The van der Waals surface area contributed by atoms with Gasteiger partial charge in [-0.15, -0.1) is 0 Å². The number of benzene rings is 11. The zero-order valence-corrected chi connectivity index (χ0v) is 36.7. The Balaban J connectivity index is 0.893. The maximum atomic E-state index is 6.45. The third-order valence-electron chi connectivity index (χ3n) is 12.9. The molecule has 12 rings (SSSR count). The molecule has 0 amide bonds. The normalized spacial score (nSPS) is 11.3. The molecular weight excluding hydrogens is 813 g/mol. The minimum atomic E-state index is 0.900. The highest BCUT2D eigenvalue weighted by Crippen LogP contribution is 2.42. The largest absolute Gasteiger partial charge is 0.455 e. The van der Waals surface area contributed by atoms with Crippen LogP contribution in [0.1, 0.15) is 0 Å². The van der Waals surface area contributed by atoms with Crippen LogP contribution < -0.4 is 9.80 Å². The summed E-state index contributed by atoms with van der Waals surface area (Å²) in [5, 5.41) is 4.77. The lowest BCUT2D eigenvalue weighted by Crippen LogP contribution is -2.10. The van der Waals surface area contributed by atoms with Gasteiger partial charge in [-0.3, -0.25) is 0 Å². The Bertz CT molecular complexity index is 3610. The Hall–Kier alpha value is -8.92. The first kappa shape index (κ1) is 39.7. The SMILES string of the molecule is c1ccc(N(c2ccccc2)c2cccc(-c3ccc(N(c4ccc(-c5ccc(-c6cccc7ccccc67)cc5)cc4)c4ccc(-c5cccc6c5oc5ccccc56)cc4)cc3)c2)cc1. The maximum absolute atomic E-state index is 6.45. The van der Waals surface area contributed by atoms with E-state index in [-0.39, 0.29) is 0 Å². The number of hydrogen-bond acceptors (Lipinski definition) is 3. The third kappa shape index (κ3) is 7.59. The fraction of sp³-hybridized carbons (Fsp3) is 0. The van der Waals surface area contributed by atoms with E-state index >= 15 is 0 Å². The van der Waals surface area contributed by atoms with Crippen molar-refractivity contribution in [3.63, 3.8) is 0 Å². The molecule has 0 fully saturated rings. The number of hydrogen-bond donors (Lipinski definition) is 0. The van der Waals surface area contributed by atoms with Crippen molar-refractivity contribution in [1.29, 1.82) is 0 Å². The van der Waals surface area contributed by atoms with E-state index in [1.165, 1.54) is 27.5 Å². The van der Waals surface area contributed by atoms with Crippen LogP contribution in [0, 0.1) is 0 Å². The van der Waals surface area contributed by atoms with E-state index in [2.05, 4.69) is 265 Å². The van der Waals surface area contributed by atoms with E-state index < -0.39 is 0 Å². The van der Waals surface area contributed by atoms with Gasteiger partial charge in [0.1, 0.15) is 11.2 Å². The third-order valence-corrected chi connectivity index (χ3v) is 12.9. The second-order valence-electron chi connectivity index (χ2n) is 16.9. The Morgan fingerprint density at radius 3 is 1.30 bits per heavy atom. The molecule has 3 heteroatoms. The van der Waals surface area contributed by atoms with Crippen LogP contribution in [0.3, 0.4) is 0 Å². The average Bonchev–Trinajstić information content (AvgIpc) is 3.79. The van der Waals surface area contributed by atoms with Gasteiger partial charge in [-0.05, 0) is 129 Å². The quantitative estimate of drug-likeness (QED) is 0.137. The predicted octanol–water partition coefficient (Wildman–Crippen LogP) is 18.3. The van der Waals surface area contributed by atoms with Crippen LogP contribution in [-0.2, 0) is 0 Å². The van der Waals surface area contributed by atoms with Crippen LogP contribution in [0.4, 0.5) is 34.1 Å². The monoisotopic (exact) mass is 856 g/mol. The van der Waals surface area contributed by atoms with E-state index in [4.69, 9.17) is 4.42 Å². The molecule has 316 valence electrons. The van der Waals surface area contributed by atoms with Gasteiger partial charge in [-0.2, -0.15) is 0 Å². The van der Waals surface area contributed by atoms with E-state index in [1.807, 2.05) is 12.1 Å². The van der Waals surface area contributed by atoms with Crippen molar-refractivity contribution < 1.29 is 4.42 Å². The summed E-state index contributed by atoms with van der Waals surface area (Å²) < 4.78 is 6.45. The van der Waals surface area contributed by atoms with Crippen LogP contribution in [0.5, 0.6) is 0 Å². The van der Waals surface area contributed by atoms with Crippen LogP contribution in [0.2, 0.25) is 0 Å². The molecule has 0 saturated heterocycles. The van der Waals surface area contributed by atoms with Crippen molar-refractivity contribution in [2.24, 2.45) is 0 Å². The topological polar surface area (TPSA) is 19.6 Å². The molecule has 0 aliphatic heterocycles. The summed E-state index contributed by atoms with van der Waals surface area (Å²) in [6.45, 7) is 0.